The number of aromatic nitrogens is 2. The van der Waals surface area contributed by atoms with Crippen LogP contribution in [0.5, 0.6) is 0 Å². The van der Waals surface area contributed by atoms with Crippen LogP contribution in [0, 0.1) is 6.92 Å². The first-order valence-corrected chi connectivity index (χ1v) is 6.98. The molecule has 0 aliphatic carbocycles. The molecule has 102 valence electrons. The van der Waals surface area contributed by atoms with E-state index in [0.717, 1.165) is 18.8 Å². The maximum Gasteiger partial charge on any atom is 0.0690 e. The van der Waals surface area contributed by atoms with Crippen LogP contribution >= 0.6 is 0 Å². The minimum Gasteiger partial charge on any atom is -0.313 e. The van der Waals surface area contributed by atoms with Crippen molar-refractivity contribution < 1.29 is 0 Å². The van der Waals surface area contributed by atoms with Crippen molar-refractivity contribution in [3.8, 4) is 5.69 Å². The third kappa shape index (κ3) is 3.24. The van der Waals surface area contributed by atoms with Crippen LogP contribution in [-0.2, 0) is 6.54 Å². The molecule has 0 bridgehead atoms. The Morgan fingerprint density at radius 2 is 2.05 bits per heavy atom. The second kappa shape index (κ2) is 6.02. The highest BCUT2D eigenvalue weighted by atomic mass is 15.3. The zero-order valence-corrected chi connectivity index (χ0v) is 12.3. The molecule has 0 aliphatic heterocycles. The lowest BCUT2D eigenvalue weighted by Crippen LogP contribution is -2.14. The van der Waals surface area contributed by atoms with E-state index in [9.17, 15) is 0 Å². The fourth-order valence-corrected chi connectivity index (χ4v) is 2.12. The molecule has 0 unspecified atom stereocenters. The Kier molecular flexibility index (Phi) is 4.38. The monoisotopic (exact) mass is 257 g/mol. The van der Waals surface area contributed by atoms with Crippen LogP contribution in [0.3, 0.4) is 0 Å². The highest BCUT2D eigenvalue weighted by Crippen LogP contribution is 2.18. The van der Waals surface area contributed by atoms with E-state index in [2.05, 4.69) is 68.6 Å². The maximum absolute atomic E-state index is 4.67. The number of rotatable bonds is 5. The highest BCUT2D eigenvalue weighted by molar-refractivity contribution is 5.43. The SMILES string of the molecule is CCNCc1cc(C)ccc1-n1ccc(C(C)C)n1. The number of hydrogen-bond acceptors (Lipinski definition) is 2. The van der Waals surface area contributed by atoms with E-state index in [4.69, 9.17) is 0 Å². The number of nitrogens with zero attached hydrogens (tertiary/aromatic N) is 2. The molecule has 0 saturated heterocycles. The molecule has 0 aliphatic rings. The molecule has 0 spiro atoms. The van der Waals surface area contributed by atoms with Gasteiger partial charge in [-0.1, -0.05) is 38.5 Å². The molecule has 0 amide bonds. The molecule has 1 aromatic carbocycles. The molecular formula is C16H23N3. The van der Waals surface area contributed by atoms with Crippen LogP contribution in [0.15, 0.2) is 30.5 Å². The minimum atomic E-state index is 0.462. The summed E-state index contributed by atoms with van der Waals surface area (Å²) in [6.45, 7) is 10.4. The van der Waals surface area contributed by atoms with Gasteiger partial charge >= 0.3 is 0 Å². The predicted octanol–water partition coefficient (Wildman–Crippen LogP) is 3.41. The lowest BCUT2D eigenvalue weighted by Gasteiger charge is -2.11. The van der Waals surface area contributed by atoms with Crippen LogP contribution in [0.2, 0.25) is 0 Å². The van der Waals surface area contributed by atoms with E-state index in [1.807, 2.05) is 4.68 Å². The van der Waals surface area contributed by atoms with Crippen LogP contribution in [-0.4, -0.2) is 16.3 Å². The van der Waals surface area contributed by atoms with Gasteiger partial charge in [-0.05, 0) is 37.1 Å². The van der Waals surface area contributed by atoms with Crippen molar-refractivity contribution in [3.05, 3.63) is 47.3 Å². The third-order valence-corrected chi connectivity index (χ3v) is 3.25. The summed E-state index contributed by atoms with van der Waals surface area (Å²) in [6, 6.07) is 8.62. The molecule has 2 aromatic rings. The summed E-state index contributed by atoms with van der Waals surface area (Å²) in [6.07, 6.45) is 2.05. The predicted molar refractivity (Wildman–Crippen MR) is 79.8 cm³/mol. The Bertz CT molecular complexity index is 541. The van der Waals surface area contributed by atoms with E-state index in [-0.39, 0.29) is 0 Å². The summed E-state index contributed by atoms with van der Waals surface area (Å²) >= 11 is 0. The van der Waals surface area contributed by atoms with Gasteiger partial charge in [0.2, 0.25) is 0 Å². The molecule has 3 heteroatoms. The van der Waals surface area contributed by atoms with E-state index in [1.54, 1.807) is 0 Å². The number of aryl methyl sites for hydroxylation is 1. The Balaban J connectivity index is 2.36. The first-order chi connectivity index (χ1) is 9.11. The lowest BCUT2D eigenvalue weighted by atomic mass is 10.1. The van der Waals surface area contributed by atoms with E-state index >= 15 is 0 Å². The zero-order valence-electron chi connectivity index (χ0n) is 12.3. The Morgan fingerprint density at radius 1 is 1.26 bits per heavy atom. The van der Waals surface area contributed by atoms with Crippen molar-refractivity contribution in [2.45, 2.75) is 40.2 Å². The topological polar surface area (TPSA) is 29.9 Å². The molecule has 3 nitrogen and oxygen atoms in total. The van der Waals surface area contributed by atoms with Crippen molar-refractivity contribution >= 4 is 0 Å². The van der Waals surface area contributed by atoms with E-state index in [0.29, 0.717) is 5.92 Å². The van der Waals surface area contributed by atoms with Gasteiger partial charge in [0.05, 0.1) is 11.4 Å². The summed E-state index contributed by atoms with van der Waals surface area (Å²) < 4.78 is 1.99. The summed E-state index contributed by atoms with van der Waals surface area (Å²) in [5.74, 6) is 0.462. The molecule has 1 aromatic heterocycles. The molecular weight excluding hydrogens is 234 g/mol. The highest BCUT2D eigenvalue weighted by Gasteiger charge is 2.08. The average molecular weight is 257 g/mol. The van der Waals surface area contributed by atoms with Crippen LogP contribution in [0.25, 0.3) is 5.69 Å². The van der Waals surface area contributed by atoms with Gasteiger partial charge in [0.25, 0.3) is 0 Å². The standard InChI is InChI=1S/C16H23N3/c1-5-17-11-14-10-13(4)6-7-16(14)19-9-8-15(18-19)12(2)3/h6-10,12,17H,5,11H2,1-4H3. The molecule has 1 heterocycles. The normalized spacial score (nSPS) is 11.2. The zero-order chi connectivity index (χ0) is 13.8. The fraction of sp³-hybridized carbons (Fsp3) is 0.438. The number of nitrogens with one attached hydrogen (secondary N) is 1. The summed E-state index contributed by atoms with van der Waals surface area (Å²) in [7, 11) is 0. The third-order valence-electron chi connectivity index (χ3n) is 3.25. The Hall–Kier alpha value is -1.61. The minimum absolute atomic E-state index is 0.462. The van der Waals surface area contributed by atoms with Crippen molar-refractivity contribution in [2.24, 2.45) is 0 Å². The number of hydrogen-bond donors (Lipinski definition) is 1. The van der Waals surface area contributed by atoms with Crippen LogP contribution in [0.1, 0.15) is 43.5 Å². The number of benzene rings is 1. The average Bonchev–Trinajstić information content (AvgIpc) is 2.86. The van der Waals surface area contributed by atoms with Gasteiger partial charge in [0.15, 0.2) is 0 Å². The van der Waals surface area contributed by atoms with Gasteiger partial charge in [-0.3, -0.25) is 0 Å². The first kappa shape index (κ1) is 13.8. The second-order valence-corrected chi connectivity index (χ2v) is 5.25. The summed E-state index contributed by atoms with van der Waals surface area (Å²) in [5, 5.41) is 8.06. The molecule has 0 saturated carbocycles. The van der Waals surface area contributed by atoms with Gasteiger partial charge in [-0.2, -0.15) is 5.10 Å². The molecule has 2 rings (SSSR count). The lowest BCUT2D eigenvalue weighted by molar-refractivity contribution is 0.710. The molecule has 0 radical (unpaired) electrons. The molecule has 19 heavy (non-hydrogen) atoms. The maximum atomic E-state index is 4.67. The Labute approximate surface area is 115 Å². The first-order valence-electron chi connectivity index (χ1n) is 6.98. The van der Waals surface area contributed by atoms with Gasteiger partial charge in [-0.25, -0.2) is 4.68 Å². The quantitative estimate of drug-likeness (QED) is 0.889. The van der Waals surface area contributed by atoms with Crippen molar-refractivity contribution in [2.75, 3.05) is 6.54 Å². The summed E-state index contributed by atoms with van der Waals surface area (Å²) in [4.78, 5) is 0. The van der Waals surface area contributed by atoms with Gasteiger partial charge < -0.3 is 5.32 Å². The largest absolute Gasteiger partial charge is 0.313 e. The van der Waals surface area contributed by atoms with E-state index in [1.165, 1.54) is 16.8 Å². The van der Waals surface area contributed by atoms with E-state index < -0.39 is 0 Å². The van der Waals surface area contributed by atoms with Gasteiger partial charge in [0, 0.05) is 12.7 Å². The van der Waals surface area contributed by atoms with Crippen molar-refractivity contribution in [1.29, 1.82) is 0 Å². The van der Waals surface area contributed by atoms with Crippen LogP contribution in [0.4, 0.5) is 0 Å². The Morgan fingerprint density at radius 3 is 2.68 bits per heavy atom. The smallest absolute Gasteiger partial charge is 0.0690 e. The second-order valence-electron chi connectivity index (χ2n) is 5.25. The molecule has 0 atom stereocenters. The van der Waals surface area contributed by atoms with Crippen LogP contribution < -0.4 is 5.32 Å². The fourth-order valence-electron chi connectivity index (χ4n) is 2.12. The van der Waals surface area contributed by atoms with Crippen molar-refractivity contribution in [3.63, 3.8) is 0 Å². The summed E-state index contributed by atoms with van der Waals surface area (Å²) in [5.41, 5.74) is 4.88. The van der Waals surface area contributed by atoms with Gasteiger partial charge in [0.1, 0.15) is 0 Å². The van der Waals surface area contributed by atoms with Gasteiger partial charge in [-0.15, -0.1) is 0 Å². The molecule has 1 N–H and O–H groups in total. The van der Waals surface area contributed by atoms with Crippen molar-refractivity contribution in [1.82, 2.24) is 15.1 Å². The molecule has 0 fully saturated rings.